The maximum Gasteiger partial charge on any atom is 0.178 e. The number of β-amino-alcohol motifs (C(OH)–C–C–N with tert-alkyl or cyclic N) is 1. The van der Waals surface area contributed by atoms with Gasteiger partial charge in [0.05, 0.1) is 19.3 Å². The van der Waals surface area contributed by atoms with Crippen molar-refractivity contribution in [1.82, 2.24) is 19.8 Å². The molecule has 7 heteroatoms. The van der Waals surface area contributed by atoms with Gasteiger partial charge in [-0.05, 0) is 36.2 Å². The van der Waals surface area contributed by atoms with Crippen LogP contribution in [0.15, 0.2) is 36.4 Å². The van der Waals surface area contributed by atoms with Crippen molar-refractivity contribution < 1.29 is 9.84 Å². The molecule has 7 nitrogen and oxygen atoms in total. The first-order chi connectivity index (χ1) is 12.2. The topological polar surface area (TPSA) is 75.8 Å². The van der Waals surface area contributed by atoms with Crippen LogP contribution in [0.2, 0.25) is 0 Å². The van der Waals surface area contributed by atoms with Gasteiger partial charge < -0.3 is 14.7 Å². The molecule has 3 heterocycles. The van der Waals surface area contributed by atoms with E-state index in [0.29, 0.717) is 13.0 Å². The number of ether oxygens (including phenoxy) is 1. The maximum atomic E-state index is 10.3. The summed E-state index contributed by atoms with van der Waals surface area (Å²) in [4.78, 5) is 2.14. The number of aliphatic hydroxyl groups is 1. The van der Waals surface area contributed by atoms with Crippen molar-refractivity contribution >= 4 is 11.5 Å². The number of aliphatic hydroxyl groups excluding tert-OH is 1. The molecular formula is C18H21N5O2. The molecule has 1 saturated heterocycles. The molecule has 3 aromatic rings. The Morgan fingerprint density at radius 2 is 2.12 bits per heavy atom. The van der Waals surface area contributed by atoms with Crippen molar-refractivity contribution in [2.45, 2.75) is 31.9 Å². The Hall–Kier alpha value is -2.67. The standard InChI is InChI=1S/C18H21N5O2/c1-3-16-19-20-17-7-8-18(21-23(16)17)22-11-13(24)10-15(22)12-5-4-6-14(9-12)25-2/h4-9,13,15,24H,3,10-11H2,1-2H3/t13-,15+/m1/s1. The maximum absolute atomic E-state index is 10.3. The number of fused-ring (bicyclic) bond motifs is 1. The second-order valence-corrected chi connectivity index (χ2v) is 6.27. The number of nitrogens with zero attached hydrogens (tertiary/aromatic N) is 5. The molecule has 2 atom stereocenters. The van der Waals surface area contributed by atoms with Crippen LogP contribution in [0.5, 0.6) is 5.75 Å². The Bertz CT molecular complexity index is 894. The van der Waals surface area contributed by atoms with E-state index in [1.807, 2.05) is 37.3 Å². The van der Waals surface area contributed by atoms with Crippen LogP contribution in [-0.2, 0) is 6.42 Å². The van der Waals surface area contributed by atoms with Gasteiger partial charge in [-0.1, -0.05) is 19.1 Å². The molecule has 2 aromatic heterocycles. The first-order valence-corrected chi connectivity index (χ1v) is 8.49. The Balaban J connectivity index is 1.74. The van der Waals surface area contributed by atoms with Gasteiger partial charge in [-0.3, -0.25) is 0 Å². The Kier molecular flexibility index (Phi) is 4.01. The fourth-order valence-electron chi connectivity index (χ4n) is 3.43. The SMILES string of the molecule is CCc1nnc2ccc(N3C[C@H](O)C[C@H]3c3cccc(OC)c3)nn12. The summed E-state index contributed by atoms with van der Waals surface area (Å²) in [6.07, 6.45) is 1.04. The molecule has 0 aliphatic carbocycles. The van der Waals surface area contributed by atoms with Crippen LogP contribution in [0.1, 0.15) is 30.8 Å². The largest absolute Gasteiger partial charge is 0.497 e. The monoisotopic (exact) mass is 339 g/mol. The summed E-state index contributed by atoms with van der Waals surface area (Å²) in [5.41, 5.74) is 1.84. The van der Waals surface area contributed by atoms with Gasteiger partial charge in [-0.2, -0.15) is 4.52 Å². The summed E-state index contributed by atoms with van der Waals surface area (Å²) in [5.74, 6) is 2.45. The Morgan fingerprint density at radius 3 is 2.92 bits per heavy atom. The van der Waals surface area contributed by atoms with Crippen LogP contribution in [0, 0.1) is 0 Å². The van der Waals surface area contributed by atoms with Crippen molar-refractivity contribution in [3.05, 3.63) is 47.8 Å². The average molecular weight is 339 g/mol. The van der Waals surface area contributed by atoms with Gasteiger partial charge in [-0.25, -0.2) is 0 Å². The van der Waals surface area contributed by atoms with Crippen molar-refractivity contribution in [3.63, 3.8) is 0 Å². The number of methoxy groups -OCH3 is 1. The van der Waals surface area contributed by atoms with Gasteiger partial charge >= 0.3 is 0 Å². The van der Waals surface area contributed by atoms with Crippen LogP contribution in [0.4, 0.5) is 5.82 Å². The van der Waals surface area contributed by atoms with E-state index >= 15 is 0 Å². The highest BCUT2D eigenvalue weighted by atomic mass is 16.5. The molecule has 1 aliphatic heterocycles. The minimum absolute atomic E-state index is 0.0524. The molecule has 0 amide bonds. The molecule has 0 spiro atoms. The molecule has 1 aromatic carbocycles. The van der Waals surface area contributed by atoms with Gasteiger partial charge in [0.2, 0.25) is 0 Å². The molecule has 1 fully saturated rings. The molecule has 0 unspecified atom stereocenters. The van der Waals surface area contributed by atoms with E-state index < -0.39 is 0 Å². The van der Waals surface area contributed by atoms with E-state index in [0.717, 1.165) is 35.0 Å². The Labute approximate surface area is 145 Å². The van der Waals surface area contributed by atoms with Crippen LogP contribution >= 0.6 is 0 Å². The summed E-state index contributed by atoms with van der Waals surface area (Å²) in [5, 5.41) is 23.3. The predicted octanol–water partition coefficient (Wildman–Crippen LogP) is 2.01. The van der Waals surface area contributed by atoms with Crippen LogP contribution < -0.4 is 9.64 Å². The third kappa shape index (κ3) is 2.80. The summed E-state index contributed by atoms with van der Waals surface area (Å²) < 4.78 is 7.12. The van der Waals surface area contributed by atoms with E-state index in [1.54, 1.807) is 11.6 Å². The highest BCUT2D eigenvalue weighted by Crippen LogP contribution is 2.36. The number of hydrogen-bond donors (Lipinski definition) is 1. The van der Waals surface area contributed by atoms with Gasteiger partial charge in [-0.15, -0.1) is 15.3 Å². The second kappa shape index (κ2) is 6.33. The lowest BCUT2D eigenvalue weighted by atomic mass is 10.0. The predicted molar refractivity (Wildman–Crippen MR) is 93.9 cm³/mol. The molecule has 4 rings (SSSR count). The summed E-state index contributed by atoms with van der Waals surface area (Å²) >= 11 is 0. The summed E-state index contributed by atoms with van der Waals surface area (Å²) in [7, 11) is 1.66. The highest BCUT2D eigenvalue weighted by Gasteiger charge is 2.33. The highest BCUT2D eigenvalue weighted by molar-refractivity contribution is 5.49. The van der Waals surface area contributed by atoms with E-state index in [2.05, 4.69) is 21.2 Å². The quantitative estimate of drug-likeness (QED) is 0.784. The zero-order valence-corrected chi connectivity index (χ0v) is 14.3. The smallest absolute Gasteiger partial charge is 0.178 e. The zero-order valence-electron chi connectivity index (χ0n) is 14.3. The van der Waals surface area contributed by atoms with Crippen molar-refractivity contribution in [2.24, 2.45) is 0 Å². The number of hydrogen-bond acceptors (Lipinski definition) is 6. The van der Waals surface area contributed by atoms with E-state index in [-0.39, 0.29) is 12.1 Å². The number of aromatic nitrogens is 4. The lowest BCUT2D eigenvalue weighted by molar-refractivity contribution is 0.194. The molecule has 0 saturated carbocycles. The van der Waals surface area contributed by atoms with E-state index in [9.17, 15) is 5.11 Å². The normalized spacial score (nSPS) is 20.4. The third-order valence-corrected chi connectivity index (χ3v) is 4.68. The first kappa shape index (κ1) is 15.8. The molecule has 1 aliphatic rings. The Morgan fingerprint density at radius 1 is 1.24 bits per heavy atom. The van der Waals surface area contributed by atoms with Gasteiger partial charge in [0.25, 0.3) is 0 Å². The van der Waals surface area contributed by atoms with Gasteiger partial charge in [0.15, 0.2) is 11.5 Å². The number of aryl methyl sites for hydroxylation is 1. The molecule has 1 N–H and O–H groups in total. The summed E-state index contributed by atoms with van der Waals surface area (Å²) in [6.45, 7) is 2.58. The van der Waals surface area contributed by atoms with Crippen LogP contribution in [-0.4, -0.2) is 44.7 Å². The zero-order chi connectivity index (χ0) is 17.4. The van der Waals surface area contributed by atoms with Gasteiger partial charge in [0, 0.05) is 13.0 Å². The van der Waals surface area contributed by atoms with Crippen molar-refractivity contribution in [2.75, 3.05) is 18.6 Å². The van der Waals surface area contributed by atoms with Crippen LogP contribution in [0.25, 0.3) is 5.65 Å². The minimum Gasteiger partial charge on any atom is -0.497 e. The van der Waals surface area contributed by atoms with E-state index in [4.69, 9.17) is 9.84 Å². The molecule has 130 valence electrons. The average Bonchev–Trinajstić information content (AvgIpc) is 3.24. The second-order valence-electron chi connectivity index (χ2n) is 6.27. The fraction of sp³-hybridized carbons (Fsp3) is 0.389. The molecule has 0 radical (unpaired) electrons. The third-order valence-electron chi connectivity index (χ3n) is 4.68. The number of anilines is 1. The molecule has 25 heavy (non-hydrogen) atoms. The van der Waals surface area contributed by atoms with Crippen LogP contribution in [0.3, 0.4) is 0 Å². The molecule has 0 bridgehead atoms. The van der Waals surface area contributed by atoms with Crippen molar-refractivity contribution in [3.8, 4) is 5.75 Å². The van der Waals surface area contributed by atoms with Crippen molar-refractivity contribution in [1.29, 1.82) is 0 Å². The lowest BCUT2D eigenvalue weighted by Gasteiger charge is -2.26. The minimum atomic E-state index is -0.389. The lowest BCUT2D eigenvalue weighted by Crippen LogP contribution is -2.26. The number of rotatable bonds is 4. The van der Waals surface area contributed by atoms with E-state index in [1.165, 1.54) is 0 Å². The number of benzene rings is 1. The first-order valence-electron chi connectivity index (χ1n) is 8.49. The summed E-state index contributed by atoms with van der Waals surface area (Å²) in [6, 6.07) is 11.9. The fourth-order valence-corrected chi connectivity index (χ4v) is 3.43. The van der Waals surface area contributed by atoms with Gasteiger partial charge in [0.1, 0.15) is 11.6 Å². The molecular weight excluding hydrogens is 318 g/mol.